The Balaban J connectivity index is 1.42. The molecule has 1 amide bonds. The molecule has 1 atom stereocenters. The van der Waals surface area contributed by atoms with Gasteiger partial charge in [-0.2, -0.15) is 0 Å². The summed E-state index contributed by atoms with van der Waals surface area (Å²) >= 11 is 2.92. The Bertz CT molecular complexity index is 1720. The number of hydrogen-bond donors (Lipinski definition) is 0. The molecular formula is C30H25N3O3S2. The zero-order valence-electron chi connectivity index (χ0n) is 21.2. The lowest BCUT2D eigenvalue weighted by atomic mass is 9.97. The van der Waals surface area contributed by atoms with Crippen LogP contribution in [-0.4, -0.2) is 16.1 Å². The highest BCUT2D eigenvalue weighted by atomic mass is 32.2. The van der Waals surface area contributed by atoms with Gasteiger partial charge in [-0.05, 0) is 49.1 Å². The molecule has 1 unspecified atom stereocenters. The van der Waals surface area contributed by atoms with Crippen molar-refractivity contribution >= 4 is 45.1 Å². The second kappa shape index (κ2) is 9.85. The van der Waals surface area contributed by atoms with Gasteiger partial charge in [0.1, 0.15) is 5.58 Å². The zero-order valence-corrected chi connectivity index (χ0v) is 22.9. The van der Waals surface area contributed by atoms with Crippen molar-refractivity contribution in [2.24, 2.45) is 0 Å². The summed E-state index contributed by atoms with van der Waals surface area (Å²) in [5, 5.41) is 9.67. The van der Waals surface area contributed by atoms with Crippen LogP contribution in [0.4, 0.5) is 5.13 Å². The van der Waals surface area contributed by atoms with E-state index in [0.717, 1.165) is 27.6 Å². The average Bonchev–Trinajstić information content (AvgIpc) is 3.51. The number of amides is 1. The van der Waals surface area contributed by atoms with Crippen molar-refractivity contribution in [2.75, 3.05) is 4.90 Å². The molecule has 0 saturated carbocycles. The van der Waals surface area contributed by atoms with Crippen LogP contribution in [0.25, 0.3) is 11.0 Å². The molecule has 1 aliphatic rings. The van der Waals surface area contributed by atoms with E-state index in [1.807, 2.05) is 43.3 Å². The van der Waals surface area contributed by atoms with Gasteiger partial charge in [-0.15, -0.1) is 10.2 Å². The zero-order chi connectivity index (χ0) is 26.4. The van der Waals surface area contributed by atoms with Crippen molar-refractivity contribution < 1.29 is 9.21 Å². The van der Waals surface area contributed by atoms with E-state index in [1.54, 1.807) is 22.7 Å². The summed E-state index contributed by atoms with van der Waals surface area (Å²) < 4.78 is 6.84. The normalized spacial score (nSPS) is 14.9. The third-order valence-corrected chi connectivity index (χ3v) is 8.94. The first-order valence-electron chi connectivity index (χ1n) is 12.4. The molecule has 5 aromatic rings. The maximum Gasteiger partial charge on any atom is 0.297 e. The molecule has 3 aromatic carbocycles. The van der Waals surface area contributed by atoms with Gasteiger partial charge in [-0.25, -0.2) is 0 Å². The highest BCUT2D eigenvalue weighted by molar-refractivity contribution is 8.00. The number of rotatable bonds is 6. The van der Waals surface area contributed by atoms with Gasteiger partial charge in [0, 0.05) is 5.75 Å². The summed E-state index contributed by atoms with van der Waals surface area (Å²) in [5.74, 6) is 0.436. The molecule has 6 nitrogen and oxygen atoms in total. The minimum atomic E-state index is -0.646. The van der Waals surface area contributed by atoms with Gasteiger partial charge in [0.25, 0.3) is 5.91 Å². The minimum Gasteiger partial charge on any atom is -0.450 e. The molecule has 2 aromatic heterocycles. The number of hydrogen-bond acceptors (Lipinski definition) is 7. The van der Waals surface area contributed by atoms with Crippen molar-refractivity contribution in [2.45, 2.75) is 43.3 Å². The van der Waals surface area contributed by atoms with E-state index in [1.165, 1.54) is 28.0 Å². The molecule has 0 saturated heterocycles. The van der Waals surface area contributed by atoms with Gasteiger partial charge in [0.05, 0.1) is 17.0 Å². The Morgan fingerprint density at radius 3 is 2.37 bits per heavy atom. The lowest BCUT2D eigenvalue weighted by Gasteiger charge is -2.22. The van der Waals surface area contributed by atoms with E-state index in [2.05, 4.69) is 48.3 Å². The van der Waals surface area contributed by atoms with Gasteiger partial charge in [-0.3, -0.25) is 14.5 Å². The maximum absolute atomic E-state index is 13.8. The van der Waals surface area contributed by atoms with E-state index in [4.69, 9.17) is 4.42 Å². The monoisotopic (exact) mass is 539 g/mol. The van der Waals surface area contributed by atoms with Crippen LogP contribution >= 0.6 is 23.1 Å². The van der Waals surface area contributed by atoms with Crippen LogP contribution in [0, 0.1) is 13.8 Å². The fraction of sp³-hybridized carbons (Fsp3) is 0.200. The molecule has 0 bridgehead atoms. The second-order valence-electron chi connectivity index (χ2n) is 9.47. The number of nitrogens with zero attached hydrogens (tertiary/aromatic N) is 3. The molecule has 190 valence electrons. The molecule has 0 aliphatic carbocycles. The first-order valence-corrected chi connectivity index (χ1v) is 14.2. The van der Waals surface area contributed by atoms with Crippen molar-refractivity contribution in [3.63, 3.8) is 0 Å². The van der Waals surface area contributed by atoms with Crippen molar-refractivity contribution in [1.29, 1.82) is 0 Å². The largest absolute Gasteiger partial charge is 0.450 e. The third-order valence-electron chi connectivity index (χ3n) is 6.81. The predicted octanol–water partition coefficient (Wildman–Crippen LogP) is 6.87. The Labute approximate surface area is 228 Å². The van der Waals surface area contributed by atoms with E-state index < -0.39 is 6.04 Å². The fourth-order valence-electron chi connectivity index (χ4n) is 4.72. The van der Waals surface area contributed by atoms with Crippen molar-refractivity contribution in [1.82, 2.24) is 10.2 Å². The van der Waals surface area contributed by atoms with Gasteiger partial charge >= 0.3 is 0 Å². The predicted molar refractivity (Wildman–Crippen MR) is 152 cm³/mol. The number of fused-ring (bicyclic) bond motifs is 2. The van der Waals surface area contributed by atoms with Gasteiger partial charge in [0.2, 0.25) is 10.9 Å². The van der Waals surface area contributed by atoms with Crippen LogP contribution in [0.1, 0.15) is 56.9 Å². The summed E-state index contributed by atoms with van der Waals surface area (Å²) in [4.78, 5) is 29.2. The molecule has 0 fully saturated rings. The number of carbonyl (C=O) groups excluding carboxylic acids is 1. The summed E-state index contributed by atoms with van der Waals surface area (Å²) in [6, 6.07) is 21.2. The number of aryl methyl sites for hydroxylation is 3. The Morgan fingerprint density at radius 2 is 1.63 bits per heavy atom. The first-order chi connectivity index (χ1) is 18.4. The van der Waals surface area contributed by atoms with E-state index >= 15 is 0 Å². The molecule has 8 heteroatoms. The highest BCUT2D eigenvalue weighted by Gasteiger charge is 2.45. The van der Waals surface area contributed by atoms with Crippen LogP contribution < -0.4 is 10.3 Å². The Hall–Kier alpha value is -3.75. The molecule has 1 aliphatic heterocycles. The maximum atomic E-state index is 13.8. The molecule has 0 spiro atoms. The summed E-state index contributed by atoms with van der Waals surface area (Å²) in [6.07, 6.45) is 0.897. The average molecular weight is 540 g/mol. The number of carbonyl (C=O) groups is 1. The van der Waals surface area contributed by atoms with Crippen LogP contribution in [0.15, 0.2) is 80.3 Å². The number of aromatic nitrogens is 2. The van der Waals surface area contributed by atoms with Gasteiger partial charge in [-0.1, -0.05) is 95.7 Å². The quantitative estimate of drug-likeness (QED) is 0.173. The van der Waals surface area contributed by atoms with E-state index in [9.17, 15) is 9.59 Å². The highest BCUT2D eigenvalue weighted by Crippen LogP contribution is 2.43. The minimum absolute atomic E-state index is 0.0694. The topological polar surface area (TPSA) is 76.3 Å². The second-order valence-corrected chi connectivity index (χ2v) is 11.6. The van der Waals surface area contributed by atoms with Crippen molar-refractivity contribution in [3.05, 3.63) is 116 Å². The molecular weight excluding hydrogens is 514 g/mol. The number of anilines is 1. The first kappa shape index (κ1) is 24.6. The molecule has 0 radical (unpaired) electrons. The Morgan fingerprint density at radius 1 is 0.921 bits per heavy atom. The number of thioether (sulfide) groups is 1. The summed E-state index contributed by atoms with van der Waals surface area (Å²) in [5.41, 5.74) is 5.93. The number of benzene rings is 3. The van der Waals surface area contributed by atoms with Crippen molar-refractivity contribution in [3.8, 4) is 0 Å². The van der Waals surface area contributed by atoms with Crippen LogP contribution in [0.5, 0.6) is 0 Å². The van der Waals surface area contributed by atoms with E-state index in [-0.39, 0.29) is 17.1 Å². The smallest absolute Gasteiger partial charge is 0.297 e. The van der Waals surface area contributed by atoms with Crippen LogP contribution in [0.3, 0.4) is 0 Å². The third kappa shape index (κ3) is 4.33. The van der Waals surface area contributed by atoms with Gasteiger partial charge < -0.3 is 4.42 Å². The Kier molecular flexibility index (Phi) is 6.37. The fourth-order valence-corrected chi connectivity index (χ4v) is 6.55. The lowest BCUT2D eigenvalue weighted by molar-refractivity contribution is 0.0970. The molecule has 38 heavy (non-hydrogen) atoms. The van der Waals surface area contributed by atoms with E-state index in [0.29, 0.717) is 21.7 Å². The van der Waals surface area contributed by atoms with Crippen LogP contribution in [0.2, 0.25) is 0 Å². The summed E-state index contributed by atoms with van der Waals surface area (Å²) in [6.45, 7) is 6.09. The SMILES string of the molecule is CCc1ccc(C2c3c(oc4ccc(C)cc4c3=O)C(=O)N2c2nnc(SCc3ccc(C)cc3)s2)cc1. The molecule has 0 N–H and O–H groups in total. The van der Waals surface area contributed by atoms with Crippen LogP contribution in [-0.2, 0) is 12.2 Å². The molecule has 3 heterocycles. The standard InChI is InChI=1S/C30H25N3O3S2/c1-4-19-10-12-21(13-11-19)25-24-26(34)22-15-18(3)7-14-23(22)36-27(24)28(35)33(25)29-31-32-30(38-29)37-16-20-8-5-17(2)6-9-20/h5-15,25H,4,16H2,1-3H3. The molecule has 6 rings (SSSR count). The van der Waals surface area contributed by atoms with Gasteiger partial charge in [0.15, 0.2) is 9.77 Å². The lowest BCUT2D eigenvalue weighted by Crippen LogP contribution is -2.29. The summed E-state index contributed by atoms with van der Waals surface area (Å²) in [7, 11) is 0.